The van der Waals surface area contributed by atoms with Crippen molar-refractivity contribution in [1.82, 2.24) is 20.3 Å². The Bertz CT molecular complexity index is 1230. The first-order valence-corrected chi connectivity index (χ1v) is 11.3. The maximum atomic E-state index is 12.4. The number of pyridine rings is 2. The molecule has 0 radical (unpaired) electrons. The minimum absolute atomic E-state index is 0.00335. The summed E-state index contributed by atoms with van der Waals surface area (Å²) in [7, 11) is 0. The molecule has 3 aromatic heterocycles. The molecule has 1 aromatic carbocycles. The first-order valence-electron chi connectivity index (χ1n) is 10.9. The van der Waals surface area contributed by atoms with Crippen LogP contribution in [0.4, 0.5) is 5.82 Å². The second kappa shape index (κ2) is 9.01. The molecular formula is C25H24ClN5O. The predicted octanol–water partition coefficient (Wildman–Crippen LogP) is 5.43. The molecule has 1 aliphatic carbocycles. The minimum atomic E-state index is -0.00335. The summed E-state index contributed by atoms with van der Waals surface area (Å²) in [5.74, 6) is 0.763. The van der Waals surface area contributed by atoms with Crippen LogP contribution in [0.1, 0.15) is 36.0 Å². The largest absolute Gasteiger partial charge is 0.367 e. The Labute approximate surface area is 191 Å². The van der Waals surface area contributed by atoms with E-state index in [1.807, 2.05) is 60.8 Å². The number of rotatable bonds is 5. The zero-order valence-corrected chi connectivity index (χ0v) is 18.3. The molecule has 0 bridgehead atoms. The van der Waals surface area contributed by atoms with Gasteiger partial charge in [-0.1, -0.05) is 29.8 Å². The number of carbonyl (C=O) groups is 1. The molecule has 3 N–H and O–H groups in total. The summed E-state index contributed by atoms with van der Waals surface area (Å²) in [5, 5.41) is 8.21. The van der Waals surface area contributed by atoms with Gasteiger partial charge < -0.3 is 15.6 Å². The van der Waals surface area contributed by atoms with E-state index in [0.29, 0.717) is 16.8 Å². The number of fused-ring (bicyclic) bond motifs is 1. The van der Waals surface area contributed by atoms with Crippen LogP contribution in [0, 0.1) is 0 Å². The van der Waals surface area contributed by atoms with Gasteiger partial charge in [-0.15, -0.1) is 0 Å². The number of hydrogen-bond acceptors (Lipinski definition) is 4. The summed E-state index contributed by atoms with van der Waals surface area (Å²) in [6.07, 6.45) is 7.50. The standard InChI is InChI=1S/C25H24ClN5O/c26-22-13-17(21-15-28-24-20(21)7-4-12-27-24)14-23(31-22)29-18-8-10-19(11-9-18)30-25(32)16-5-2-1-3-6-16/h1-7,12-15,18-19H,8-11H2,(H,27,28)(H,29,31)(H,30,32). The number of hydrogen-bond donors (Lipinski definition) is 3. The Hall–Kier alpha value is -3.38. The van der Waals surface area contributed by atoms with E-state index >= 15 is 0 Å². The molecule has 162 valence electrons. The van der Waals surface area contributed by atoms with Crippen molar-refractivity contribution < 1.29 is 4.79 Å². The van der Waals surface area contributed by atoms with Gasteiger partial charge in [0.1, 0.15) is 16.6 Å². The number of benzene rings is 1. The Morgan fingerprint density at radius 2 is 1.78 bits per heavy atom. The van der Waals surface area contributed by atoms with Gasteiger partial charge in [-0.25, -0.2) is 9.97 Å². The molecule has 7 heteroatoms. The van der Waals surface area contributed by atoms with E-state index in [4.69, 9.17) is 11.6 Å². The van der Waals surface area contributed by atoms with Crippen LogP contribution in [0.5, 0.6) is 0 Å². The quantitative estimate of drug-likeness (QED) is 0.357. The molecule has 5 rings (SSSR count). The van der Waals surface area contributed by atoms with Gasteiger partial charge in [-0.2, -0.15) is 0 Å². The Balaban J connectivity index is 1.23. The van der Waals surface area contributed by atoms with Crippen LogP contribution in [0.15, 0.2) is 67.0 Å². The smallest absolute Gasteiger partial charge is 0.251 e. The van der Waals surface area contributed by atoms with Crippen LogP contribution in [-0.4, -0.2) is 32.9 Å². The highest BCUT2D eigenvalue weighted by atomic mass is 35.5. The summed E-state index contributed by atoms with van der Waals surface area (Å²) in [6, 6.07) is 17.7. The van der Waals surface area contributed by atoms with Crippen LogP contribution >= 0.6 is 11.6 Å². The topological polar surface area (TPSA) is 82.7 Å². The first-order chi connectivity index (χ1) is 15.7. The zero-order valence-electron chi connectivity index (χ0n) is 17.5. The molecular weight excluding hydrogens is 422 g/mol. The van der Waals surface area contributed by atoms with Crippen LogP contribution in [0.25, 0.3) is 22.2 Å². The number of H-pyrrole nitrogens is 1. The third-order valence-corrected chi connectivity index (χ3v) is 6.20. The monoisotopic (exact) mass is 445 g/mol. The van der Waals surface area contributed by atoms with Crippen molar-refractivity contribution >= 4 is 34.4 Å². The normalized spacial score (nSPS) is 18.4. The zero-order chi connectivity index (χ0) is 21.9. The van der Waals surface area contributed by atoms with Gasteiger partial charge in [-0.3, -0.25) is 4.79 Å². The van der Waals surface area contributed by atoms with E-state index < -0.39 is 0 Å². The van der Waals surface area contributed by atoms with Crippen LogP contribution in [0.3, 0.4) is 0 Å². The van der Waals surface area contributed by atoms with E-state index in [9.17, 15) is 4.79 Å². The molecule has 1 fully saturated rings. The van der Waals surface area contributed by atoms with E-state index in [1.165, 1.54) is 0 Å². The number of nitrogens with one attached hydrogen (secondary N) is 3. The molecule has 0 aliphatic heterocycles. The molecule has 6 nitrogen and oxygen atoms in total. The van der Waals surface area contributed by atoms with Gasteiger partial charge in [0.15, 0.2) is 0 Å². The molecule has 0 atom stereocenters. The van der Waals surface area contributed by atoms with E-state index in [1.54, 1.807) is 6.20 Å². The van der Waals surface area contributed by atoms with Gasteiger partial charge in [-0.05, 0) is 67.6 Å². The van der Waals surface area contributed by atoms with Crippen molar-refractivity contribution in [3.05, 3.63) is 77.7 Å². The molecule has 1 saturated carbocycles. The first kappa shape index (κ1) is 20.5. The van der Waals surface area contributed by atoms with E-state index in [-0.39, 0.29) is 11.9 Å². The second-order valence-corrected chi connectivity index (χ2v) is 8.59. The second-order valence-electron chi connectivity index (χ2n) is 8.20. The number of amides is 1. The average Bonchev–Trinajstić information content (AvgIpc) is 3.25. The van der Waals surface area contributed by atoms with Crippen LogP contribution < -0.4 is 10.6 Å². The lowest BCUT2D eigenvalue weighted by molar-refractivity contribution is 0.0926. The van der Waals surface area contributed by atoms with Crippen molar-refractivity contribution in [2.75, 3.05) is 5.32 Å². The minimum Gasteiger partial charge on any atom is -0.367 e. The highest BCUT2D eigenvalue weighted by Crippen LogP contribution is 2.31. The van der Waals surface area contributed by atoms with Crippen molar-refractivity contribution in [2.45, 2.75) is 37.8 Å². The van der Waals surface area contributed by atoms with E-state index in [2.05, 4.69) is 25.6 Å². The number of aromatic amines is 1. The number of halogens is 1. The fraction of sp³-hybridized carbons (Fsp3) is 0.240. The van der Waals surface area contributed by atoms with Gasteiger partial charge in [0.25, 0.3) is 5.91 Å². The molecule has 32 heavy (non-hydrogen) atoms. The third-order valence-electron chi connectivity index (χ3n) is 6.01. The number of nitrogens with zero attached hydrogens (tertiary/aromatic N) is 2. The fourth-order valence-corrected chi connectivity index (χ4v) is 4.58. The predicted molar refractivity (Wildman–Crippen MR) is 128 cm³/mol. The lowest BCUT2D eigenvalue weighted by Crippen LogP contribution is -2.40. The molecule has 0 unspecified atom stereocenters. The van der Waals surface area contributed by atoms with E-state index in [0.717, 1.165) is 53.7 Å². The number of anilines is 1. The summed E-state index contributed by atoms with van der Waals surface area (Å²) < 4.78 is 0. The van der Waals surface area contributed by atoms with Crippen LogP contribution in [-0.2, 0) is 0 Å². The summed E-state index contributed by atoms with van der Waals surface area (Å²) in [4.78, 5) is 24.5. The van der Waals surface area contributed by atoms with Gasteiger partial charge >= 0.3 is 0 Å². The van der Waals surface area contributed by atoms with Gasteiger partial charge in [0.05, 0.1) is 0 Å². The fourth-order valence-electron chi connectivity index (χ4n) is 4.37. The Morgan fingerprint density at radius 3 is 2.59 bits per heavy atom. The molecule has 0 spiro atoms. The summed E-state index contributed by atoms with van der Waals surface area (Å²) >= 11 is 6.35. The Kier molecular flexibility index (Phi) is 5.77. The van der Waals surface area contributed by atoms with Gasteiger partial charge in [0, 0.05) is 41.0 Å². The molecule has 1 aliphatic rings. The van der Waals surface area contributed by atoms with Crippen molar-refractivity contribution in [3.8, 4) is 11.1 Å². The average molecular weight is 446 g/mol. The van der Waals surface area contributed by atoms with Crippen molar-refractivity contribution in [2.24, 2.45) is 0 Å². The number of aromatic nitrogens is 3. The SMILES string of the molecule is O=C(NC1CCC(Nc2cc(-c3c[nH]c4ncccc34)cc(Cl)n2)CC1)c1ccccc1. The summed E-state index contributed by atoms with van der Waals surface area (Å²) in [5.41, 5.74) is 3.60. The third kappa shape index (κ3) is 4.46. The maximum Gasteiger partial charge on any atom is 0.251 e. The molecule has 4 aromatic rings. The lowest BCUT2D eigenvalue weighted by Gasteiger charge is -2.30. The molecule has 3 heterocycles. The maximum absolute atomic E-state index is 12.4. The van der Waals surface area contributed by atoms with Crippen LogP contribution in [0.2, 0.25) is 5.15 Å². The molecule has 0 saturated heterocycles. The van der Waals surface area contributed by atoms with Crippen molar-refractivity contribution in [1.29, 1.82) is 0 Å². The highest BCUT2D eigenvalue weighted by Gasteiger charge is 2.23. The lowest BCUT2D eigenvalue weighted by atomic mass is 9.91. The Morgan fingerprint density at radius 1 is 1.00 bits per heavy atom. The summed E-state index contributed by atoms with van der Waals surface area (Å²) in [6.45, 7) is 0. The van der Waals surface area contributed by atoms with Crippen molar-refractivity contribution in [3.63, 3.8) is 0 Å². The number of carbonyl (C=O) groups excluding carboxylic acids is 1. The highest BCUT2D eigenvalue weighted by molar-refractivity contribution is 6.29. The van der Waals surface area contributed by atoms with Gasteiger partial charge in [0.2, 0.25) is 0 Å². The molecule has 1 amide bonds.